The number of hydrogen-bond acceptors (Lipinski definition) is 5. The number of nitrogens with zero attached hydrogens (tertiary/aromatic N) is 3. The monoisotopic (exact) mass is 432 g/mol. The predicted octanol–water partition coefficient (Wildman–Crippen LogP) is 4.90. The Labute approximate surface area is 179 Å². The number of hydrogen-bond donors (Lipinski definition) is 1. The molecule has 3 aromatic carbocycles. The molecule has 0 aliphatic carbocycles. The van der Waals surface area contributed by atoms with Gasteiger partial charge in [0.05, 0.1) is 21.3 Å². The Kier molecular flexibility index (Phi) is 4.54. The number of para-hydroxylation sites is 1. The lowest BCUT2D eigenvalue weighted by atomic mass is 10.1. The summed E-state index contributed by atoms with van der Waals surface area (Å²) in [5.41, 5.74) is 1.18. The summed E-state index contributed by atoms with van der Waals surface area (Å²) in [6.45, 7) is 0. The molecule has 0 spiro atoms. The first-order chi connectivity index (χ1) is 14.6. The molecule has 0 radical (unpaired) electrons. The van der Waals surface area contributed by atoms with Crippen molar-refractivity contribution in [2.45, 2.75) is 0 Å². The zero-order valence-electron chi connectivity index (χ0n) is 15.4. The van der Waals surface area contributed by atoms with E-state index in [4.69, 9.17) is 11.6 Å². The molecule has 0 bridgehead atoms. The molecule has 0 saturated heterocycles. The van der Waals surface area contributed by atoms with Crippen LogP contribution in [0.25, 0.3) is 26.7 Å². The minimum atomic E-state index is -0.443. The van der Waals surface area contributed by atoms with Crippen molar-refractivity contribution < 1.29 is 4.79 Å². The number of nitrogens with one attached hydrogen (secondary N) is 1. The van der Waals surface area contributed by atoms with Crippen molar-refractivity contribution in [3.05, 3.63) is 93.9 Å². The second-order valence-corrected chi connectivity index (χ2v) is 8.00. The first-order valence-corrected chi connectivity index (χ1v) is 10.2. The zero-order chi connectivity index (χ0) is 20.7. The Morgan fingerprint density at radius 1 is 0.967 bits per heavy atom. The van der Waals surface area contributed by atoms with Crippen LogP contribution in [0, 0.1) is 0 Å². The van der Waals surface area contributed by atoms with Crippen molar-refractivity contribution in [1.82, 2.24) is 14.8 Å². The second kappa shape index (κ2) is 7.37. The van der Waals surface area contributed by atoms with E-state index in [0.29, 0.717) is 26.6 Å². The van der Waals surface area contributed by atoms with Crippen LogP contribution in [0.2, 0.25) is 5.02 Å². The summed E-state index contributed by atoms with van der Waals surface area (Å²) in [5.74, 6) is -0.443. The fourth-order valence-electron chi connectivity index (χ4n) is 3.21. The van der Waals surface area contributed by atoms with Crippen LogP contribution in [0.1, 0.15) is 10.5 Å². The van der Waals surface area contributed by atoms with E-state index in [0.717, 1.165) is 10.2 Å². The molecule has 5 rings (SSSR count). The van der Waals surface area contributed by atoms with E-state index >= 15 is 0 Å². The molecule has 30 heavy (non-hydrogen) atoms. The molecule has 1 N–H and O–H groups in total. The van der Waals surface area contributed by atoms with Gasteiger partial charge in [-0.05, 0) is 36.4 Å². The quantitative estimate of drug-likeness (QED) is 0.440. The van der Waals surface area contributed by atoms with Gasteiger partial charge in [-0.3, -0.25) is 14.9 Å². The highest BCUT2D eigenvalue weighted by Gasteiger charge is 2.19. The zero-order valence-corrected chi connectivity index (χ0v) is 16.9. The Balaban J connectivity index is 1.62. The van der Waals surface area contributed by atoms with Crippen molar-refractivity contribution in [3.8, 4) is 5.69 Å². The number of thiazole rings is 1. The molecule has 0 unspecified atom stereocenters. The van der Waals surface area contributed by atoms with Gasteiger partial charge >= 0.3 is 0 Å². The van der Waals surface area contributed by atoms with Gasteiger partial charge in [0, 0.05) is 10.4 Å². The summed E-state index contributed by atoms with van der Waals surface area (Å²) >= 11 is 7.35. The maximum atomic E-state index is 13.1. The highest BCUT2D eigenvalue weighted by molar-refractivity contribution is 7.22. The van der Waals surface area contributed by atoms with E-state index in [9.17, 15) is 9.59 Å². The van der Waals surface area contributed by atoms with E-state index in [1.807, 2.05) is 18.2 Å². The molecule has 1 amide bonds. The average Bonchev–Trinajstić information content (AvgIpc) is 3.16. The molecule has 8 heteroatoms. The molecule has 0 aliphatic heterocycles. The minimum absolute atomic E-state index is 0.145. The normalized spacial score (nSPS) is 11.1. The lowest BCUT2D eigenvalue weighted by Crippen LogP contribution is -2.26. The Hall–Kier alpha value is -3.55. The highest BCUT2D eigenvalue weighted by Crippen LogP contribution is 2.28. The molecule has 0 saturated carbocycles. The number of benzene rings is 3. The molecule has 6 nitrogen and oxygen atoms in total. The molecule has 0 aliphatic rings. The van der Waals surface area contributed by atoms with Crippen LogP contribution >= 0.6 is 22.9 Å². The van der Waals surface area contributed by atoms with Crippen LogP contribution in [0.15, 0.2) is 77.6 Å². The van der Waals surface area contributed by atoms with Gasteiger partial charge in [0.15, 0.2) is 10.8 Å². The van der Waals surface area contributed by atoms with Crippen molar-refractivity contribution >= 4 is 55.0 Å². The topological polar surface area (TPSA) is 76.9 Å². The standard InChI is InChI=1S/C22H13ClN4O2S/c23-13-10-11-17-18(12-13)30-22(24-17)25-20(28)19-15-8-4-5-9-16(15)21(29)27(26-19)14-6-2-1-3-7-14/h1-12H,(H,24,25,28). The molecule has 0 atom stereocenters. The van der Waals surface area contributed by atoms with Gasteiger partial charge in [0.1, 0.15) is 0 Å². The number of rotatable bonds is 3. The number of halogens is 1. The number of anilines is 1. The molecule has 2 aromatic heterocycles. The first-order valence-electron chi connectivity index (χ1n) is 9.05. The van der Waals surface area contributed by atoms with Gasteiger partial charge in [-0.25, -0.2) is 4.98 Å². The fraction of sp³-hybridized carbons (Fsp3) is 0. The number of fused-ring (bicyclic) bond motifs is 2. The first kappa shape index (κ1) is 18.5. The smallest absolute Gasteiger partial charge is 0.279 e. The van der Waals surface area contributed by atoms with Crippen LogP contribution < -0.4 is 10.9 Å². The van der Waals surface area contributed by atoms with Gasteiger partial charge in [0.2, 0.25) is 0 Å². The minimum Gasteiger partial charge on any atom is -0.296 e. The molecule has 0 fully saturated rings. The number of carbonyl (C=O) groups excluding carboxylic acids is 1. The lowest BCUT2D eigenvalue weighted by Gasteiger charge is -2.10. The number of aromatic nitrogens is 3. The summed E-state index contributed by atoms with van der Waals surface area (Å²) in [6, 6.07) is 21.3. The SMILES string of the molecule is O=C(Nc1nc2ccc(Cl)cc2s1)c1nn(-c2ccccc2)c(=O)c2ccccc12. The van der Waals surface area contributed by atoms with E-state index in [-0.39, 0.29) is 11.3 Å². The van der Waals surface area contributed by atoms with Gasteiger partial charge in [-0.1, -0.05) is 59.3 Å². The molecular formula is C22H13ClN4O2S. The van der Waals surface area contributed by atoms with E-state index < -0.39 is 5.91 Å². The maximum absolute atomic E-state index is 13.1. The lowest BCUT2D eigenvalue weighted by molar-refractivity contribution is 0.102. The van der Waals surface area contributed by atoms with Crippen LogP contribution in [0.5, 0.6) is 0 Å². The van der Waals surface area contributed by atoms with Crippen molar-refractivity contribution in [2.75, 3.05) is 5.32 Å². The molecule has 2 heterocycles. The summed E-state index contributed by atoms with van der Waals surface area (Å²) in [7, 11) is 0. The van der Waals surface area contributed by atoms with E-state index in [1.165, 1.54) is 16.0 Å². The third kappa shape index (κ3) is 3.24. The number of amides is 1. The third-order valence-corrected chi connectivity index (χ3v) is 5.76. The van der Waals surface area contributed by atoms with Crippen molar-refractivity contribution in [1.29, 1.82) is 0 Å². The number of carbonyl (C=O) groups is 1. The highest BCUT2D eigenvalue weighted by atomic mass is 35.5. The van der Waals surface area contributed by atoms with E-state index in [1.54, 1.807) is 54.6 Å². The maximum Gasteiger partial charge on any atom is 0.279 e. The van der Waals surface area contributed by atoms with Gasteiger partial charge < -0.3 is 0 Å². The van der Waals surface area contributed by atoms with Crippen molar-refractivity contribution in [2.24, 2.45) is 0 Å². The third-order valence-electron chi connectivity index (χ3n) is 4.59. The van der Waals surface area contributed by atoms with Crippen LogP contribution in [-0.2, 0) is 0 Å². The molecular weight excluding hydrogens is 420 g/mol. The summed E-state index contributed by atoms with van der Waals surface area (Å²) in [5, 5.41) is 9.12. The van der Waals surface area contributed by atoms with E-state index in [2.05, 4.69) is 15.4 Å². The van der Waals surface area contributed by atoms with Gasteiger partial charge in [-0.15, -0.1) is 0 Å². The molecule has 5 aromatic rings. The Morgan fingerprint density at radius 3 is 2.50 bits per heavy atom. The van der Waals surface area contributed by atoms with Crippen LogP contribution in [-0.4, -0.2) is 20.7 Å². The van der Waals surface area contributed by atoms with Crippen LogP contribution in [0.4, 0.5) is 5.13 Å². The predicted molar refractivity (Wildman–Crippen MR) is 120 cm³/mol. The average molecular weight is 433 g/mol. The largest absolute Gasteiger partial charge is 0.296 e. The molecule has 146 valence electrons. The van der Waals surface area contributed by atoms with Crippen molar-refractivity contribution in [3.63, 3.8) is 0 Å². The fourth-order valence-corrected chi connectivity index (χ4v) is 4.35. The van der Waals surface area contributed by atoms with Gasteiger partial charge in [-0.2, -0.15) is 9.78 Å². The summed E-state index contributed by atoms with van der Waals surface area (Å²) in [6.07, 6.45) is 0. The summed E-state index contributed by atoms with van der Waals surface area (Å²) in [4.78, 5) is 30.5. The van der Waals surface area contributed by atoms with Gasteiger partial charge in [0.25, 0.3) is 11.5 Å². The van der Waals surface area contributed by atoms with Crippen LogP contribution in [0.3, 0.4) is 0 Å². The Morgan fingerprint density at radius 2 is 1.70 bits per heavy atom. The Bertz CT molecular complexity index is 1480. The second-order valence-electron chi connectivity index (χ2n) is 6.53. The summed E-state index contributed by atoms with van der Waals surface area (Å²) < 4.78 is 2.11.